The molecule has 0 unspecified atom stereocenters. The summed E-state index contributed by atoms with van der Waals surface area (Å²) in [6.07, 6.45) is 0.904. The van der Waals surface area contributed by atoms with E-state index in [4.69, 9.17) is 0 Å². The summed E-state index contributed by atoms with van der Waals surface area (Å²) in [5.41, 5.74) is 0.764. The van der Waals surface area contributed by atoms with Gasteiger partial charge in [-0.15, -0.1) is 0 Å². The summed E-state index contributed by atoms with van der Waals surface area (Å²) in [5, 5.41) is 2.34. The lowest BCUT2D eigenvalue weighted by molar-refractivity contribution is 0.112. The zero-order valence-corrected chi connectivity index (χ0v) is 11.4. The standard InChI is InChI=1S/C11H6I2O/c12-9-4-3-7-1-2-8(6-14)11(13)10(7)5-9/h1-6H. The van der Waals surface area contributed by atoms with Crippen molar-refractivity contribution in [2.24, 2.45) is 0 Å². The van der Waals surface area contributed by atoms with Gasteiger partial charge in [-0.3, -0.25) is 4.79 Å². The maximum Gasteiger partial charge on any atom is 0.151 e. The molecule has 3 heteroatoms. The molecule has 0 amide bonds. The summed E-state index contributed by atoms with van der Waals surface area (Å²) >= 11 is 4.50. The predicted molar refractivity (Wildman–Crippen MR) is 74.8 cm³/mol. The molecular formula is C11H6I2O. The van der Waals surface area contributed by atoms with Crippen LogP contribution in [0, 0.1) is 7.14 Å². The smallest absolute Gasteiger partial charge is 0.151 e. The third-order valence-corrected chi connectivity index (χ3v) is 3.95. The molecule has 0 aromatic heterocycles. The topological polar surface area (TPSA) is 17.1 Å². The summed E-state index contributed by atoms with van der Waals surface area (Å²) in [6.45, 7) is 0. The third-order valence-electron chi connectivity index (χ3n) is 2.07. The molecule has 0 heterocycles. The van der Waals surface area contributed by atoms with Crippen LogP contribution in [0.4, 0.5) is 0 Å². The monoisotopic (exact) mass is 408 g/mol. The Morgan fingerprint density at radius 3 is 2.50 bits per heavy atom. The molecule has 0 N–H and O–H groups in total. The third kappa shape index (κ3) is 1.79. The summed E-state index contributed by atoms with van der Waals surface area (Å²) in [5.74, 6) is 0. The highest BCUT2D eigenvalue weighted by atomic mass is 127. The van der Waals surface area contributed by atoms with Crippen LogP contribution in [0.25, 0.3) is 10.8 Å². The zero-order chi connectivity index (χ0) is 10.1. The Kier molecular flexibility index (Phi) is 3.06. The minimum absolute atomic E-state index is 0.764. The first-order valence-corrected chi connectivity index (χ1v) is 6.21. The lowest BCUT2D eigenvalue weighted by Crippen LogP contribution is -1.87. The molecule has 14 heavy (non-hydrogen) atoms. The second-order valence-electron chi connectivity index (χ2n) is 2.95. The highest BCUT2D eigenvalue weighted by Crippen LogP contribution is 2.25. The van der Waals surface area contributed by atoms with Gasteiger partial charge in [0.15, 0.2) is 6.29 Å². The fourth-order valence-electron chi connectivity index (χ4n) is 1.36. The SMILES string of the molecule is O=Cc1ccc2ccc(I)cc2c1I. The Labute approximate surface area is 109 Å². The van der Waals surface area contributed by atoms with Gasteiger partial charge in [0.25, 0.3) is 0 Å². The van der Waals surface area contributed by atoms with E-state index in [0.29, 0.717) is 0 Å². The number of carbonyl (C=O) groups excluding carboxylic acids is 1. The first-order valence-electron chi connectivity index (χ1n) is 4.05. The molecule has 0 bridgehead atoms. The molecule has 0 atom stereocenters. The molecule has 70 valence electrons. The molecule has 0 radical (unpaired) electrons. The van der Waals surface area contributed by atoms with Crippen molar-refractivity contribution in [3.8, 4) is 0 Å². The van der Waals surface area contributed by atoms with Crippen LogP contribution in [0.2, 0.25) is 0 Å². The Morgan fingerprint density at radius 2 is 1.79 bits per heavy atom. The van der Waals surface area contributed by atoms with Gasteiger partial charge in [-0.25, -0.2) is 0 Å². The van der Waals surface area contributed by atoms with Gasteiger partial charge in [0.05, 0.1) is 0 Å². The first kappa shape index (κ1) is 10.4. The number of aldehydes is 1. The van der Waals surface area contributed by atoms with Crippen LogP contribution in [0.5, 0.6) is 0 Å². The lowest BCUT2D eigenvalue weighted by Gasteiger charge is -2.03. The molecule has 2 aromatic carbocycles. The van der Waals surface area contributed by atoms with E-state index in [9.17, 15) is 4.79 Å². The van der Waals surface area contributed by atoms with E-state index in [1.165, 1.54) is 8.96 Å². The van der Waals surface area contributed by atoms with Crippen molar-refractivity contribution in [1.82, 2.24) is 0 Å². The number of rotatable bonds is 1. The van der Waals surface area contributed by atoms with Gasteiger partial charge < -0.3 is 0 Å². The average molecular weight is 408 g/mol. The molecule has 0 aliphatic carbocycles. The van der Waals surface area contributed by atoms with Crippen LogP contribution in [0.1, 0.15) is 10.4 Å². The van der Waals surface area contributed by atoms with Crippen molar-refractivity contribution >= 4 is 62.2 Å². The van der Waals surface area contributed by atoms with E-state index in [1.54, 1.807) is 0 Å². The van der Waals surface area contributed by atoms with Crippen molar-refractivity contribution in [2.75, 3.05) is 0 Å². The van der Waals surface area contributed by atoms with Gasteiger partial charge in [-0.1, -0.05) is 12.1 Å². The molecule has 0 aliphatic rings. The second kappa shape index (κ2) is 4.14. The minimum Gasteiger partial charge on any atom is -0.298 e. The van der Waals surface area contributed by atoms with Gasteiger partial charge in [0, 0.05) is 12.7 Å². The number of hydrogen-bond donors (Lipinski definition) is 0. The lowest BCUT2D eigenvalue weighted by atomic mass is 10.1. The maximum absolute atomic E-state index is 10.7. The molecule has 1 nitrogen and oxygen atoms in total. The summed E-state index contributed by atoms with van der Waals surface area (Å²) in [6, 6.07) is 10.1. The molecule has 0 saturated carbocycles. The fraction of sp³-hybridized carbons (Fsp3) is 0. The minimum atomic E-state index is 0.764. The second-order valence-corrected chi connectivity index (χ2v) is 5.28. The van der Waals surface area contributed by atoms with Crippen molar-refractivity contribution in [2.45, 2.75) is 0 Å². The van der Waals surface area contributed by atoms with Crippen molar-refractivity contribution in [3.05, 3.63) is 43.0 Å². The number of carbonyl (C=O) groups is 1. The average Bonchev–Trinajstić information content (AvgIpc) is 2.20. The zero-order valence-electron chi connectivity index (χ0n) is 7.13. The van der Waals surface area contributed by atoms with E-state index in [2.05, 4.69) is 63.4 Å². The Bertz CT molecular complexity index is 506. The summed E-state index contributed by atoms with van der Waals surface area (Å²) < 4.78 is 2.23. The quantitative estimate of drug-likeness (QED) is 0.518. The first-order chi connectivity index (χ1) is 6.72. The van der Waals surface area contributed by atoms with Crippen LogP contribution in [0.3, 0.4) is 0 Å². The van der Waals surface area contributed by atoms with Crippen LogP contribution in [0.15, 0.2) is 30.3 Å². The highest BCUT2D eigenvalue weighted by molar-refractivity contribution is 14.1. The van der Waals surface area contributed by atoms with Crippen molar-refractivity contribution in [3.63, 3.8) is 0 Å². The van der Waals surface area contributed by atoms with E-state index in [1.807, 2.05) is 12.1 Å². The van der Waals surface area contributed by atoms with Crippen LogP contribution >= 0.6 is 45.2 Å². The van der Waals surface area contributed by atoms with E-state index < -0.39 is 0 Å². The Morgan fingerprint density at radius 1 is 1.07 bits per heavy atom. The van der Waals surface area contributed by atoms with Gasteiger partial charge in [0.2, 0.25) is 0 Å². The van der Waals surface area contributed by atoms with Crippen molar-refractivity contribution < 1.29 is 4.79 Å². The van der Waals surface area contributed by atoms with Crippen molar-refractivity contribution in [1.29, 1.82) is 0 Å². The number of hydrogen-bond acceptors (Lipinski definition) is 1. The number of halogens is 2. The van der Waals surface area contributed by atoms with Crippen LogP contribution in [-0.4, -0.2) is 6.29 Å². The number of fused-ring (bicyclic) bond motifs is 1. The highest BCUT2D eigenvalue weighted by Gasteiger charge is 2.03. The molecule has 2 aromatic rings. The van der Waals surface area contributed by atoms with E-state index in [-0.39, 0.29) is 0 Å². The molecule has 0 saturated heterocycles. The summed E-state index contributed by atoms with van der Waals surface area (Å²) in [4.78, 5) is 10.7. The van der Waals surface area contributed by atoms with Crippen LogP contribution < -0.4 is 0 Å². The van der Waals surface area contributed by atoms with Gasteiger partial charge >= 0.3 is 0 Å². The Balaban J connectivity index is 2.86. The molecule has 0 spiro atoms. The fourth-order valence-corrected chi connectivity index (χ4v) is 2.63. The molecule has 0 fully saturated rings. The predicted octanol–water partition coefficient (Wildman–Crippen LogP) is 3.86. The normalized spacial score (nSPS) is 10.4. The van der Waals surface area contributed by atoms with Gasteiger partial charge in [0.1, 0.15) is 0 Å². The van der Waals surface area contributed by atoms with Gasteiger partial charge in [-0.2, -0.15) is 0 Å². The maximum atomic E-state index is 10.7. The Hall–Kier alpha value is -0.170. The van der Waals surface area contributed by atoms with E-state index in [0.717, 1.165) is 20.8 Å². The van der Waals surface area contributed by atoms with E-state index >= 15 is 0 Å². The van der Waals surface area contributed by atoms with Gasteiger partial charge in [-0.05, 0) is 74.2 Å². The van der Waals surface area contributed by atoms with Crippen LogP contribution in [-0.2, 0) is 0 Å². The molecule has 0 aliphatic heterocycles. The largest absolute Gasteiger partial charge is 0.298 e. The summed E-state index contributed by atoms with van der Waals surface area (Å²) in [7, 11) is 0. The molecular weight excluding hydrogens is 402 g/mol. The number of benzene rings is 2. The molecule has 2 rings (SSSR count).